The van der Waals surface area contributed by atoms with Crippen LogP contribution < -0.4 is 14.2 Å². The van der Waals surface area contributed by atoms with Crippen molar-refractivity contribution in [2.75, 3.05) is 0 Å². The van der Waals surface area contributed by atoms with Crippen molar-refractivity contribution in [1.82, 2.24) is 0 Å². The number of fused-ring (bicyclic) bond motifs is 2. The Kier molecular flexibility index (Phi) is 5.37. The summed E-state index contributed by atoms with van der Waals surface area (Å²) in [6, 6.07) is 21.9. The van der Waals surface area contributed by atoms with Crippen LogP contribution in [0.15, 0.2) is 96.3 Å². The van der Waals surface area contributed by atoms with Gasteiger partial charge >= 0.3 is 5.97 Å². The van der Waals surface area contributed by atoms with Crippen molar-refractivity contribution < 1.29 is 23.8 Å². The Morgan fingerprint density at radius 3 is 2.61 bits per heavy atom. The molecule has 2 aliphatic heterocycles. The van der Waals surface area contributed by atoms with E-state index in [0.29, 0.717) is 17.1 Å². The van der Waals surface area contributed by atoms with E-state index in [2.05, 4.69) is 0 Å². The predicted octanol–water partition coefficient (Wildman–Crippen LogP) is 5.63. The van der Waals surface area contributed by atoms with Crippen molar-refractivity contribution in [3.63, 3.8) is 0 Å². The standard InChI is InChI=1S/C28H20O5/c1-18-21(15-20-9-5-6-10-24(20)31-18)16-26-28(30)23-13-12-22(17-25(23)33-26)32-27(29)14-11-19-7-3-2-4-8-19/h2-18H,1H3/t18-/m0/s1. The number of carbonyl (C=O) groups excluding carboxylic acids is 2. The molecule has 2 heterocycles. The highest BCUT2D eigenvalue weighted by molar-refractivity contribution is 6.12. The van der Waals surface area contributed by atoms with Crippen LogP contribution in [0, 0.1) is 0 Å². The summed E-state index contributed by atoms with van der Waals surface area (Å²) < 4.78 is 17.1. The van der Waals surface area contributed by atoms with E-state index in [0.717, 1.165) is 22.4 Å². The summed E-state index contributed by atoms with van der Waals surface area (Å²) in [5.74, 6) is 0.928. The van der Waals surface area contributed by atoms with E-state index in [1.165, 1.54) is 6.08 Å². The number of para-hydroxylation sites is 1. The number of ketones is 1. The minimum Gasteiger partial charge on any atom is -0.485 e. The van der Waals surface area contributed by atoms with Crippen molar-refractivity contribution in [2.45, 2.75) is 13.0 Å². The summed E-state index contributed by atoms with van der Waals surface area (Å²) in [5.41, 5.74) is 3.10. The van der Waals surface area contributed by atoms with E-state index < -0.39 is 5.97 Å². The van der Waals surface area contributed by atoms with Gasteiger partial charge in [-0.2, -0.15) is 0 Å². The van der Waals surface area contributed by atoms with Gasteiger partial charge in [-0.05, 0) is 54.5 Å². The lowest BCUT2D eigenvalue weighted by atomic mass is 10.0. The predicted molar refractivity (Wildman–Crippen MR) is 125 cm³/mol. The molecule has 0 fully saturated rings. The molecule has 0 aromatic heterocycles. The van der Waals surface area contributed by atoms with Crippen LogP contribution in [0.3, 0.4) is 0 Å². The van der Waals surface area contributed by atoms with E-state index in [-0.39, 0.29) is 17.6 Å². The summed E-state index contributed by atoms with van der Waals surface area (Å²) in [5, 5.41) is 0. The number of hydrogen-bond acceptors (Lipinski definition) is 5. The summed E-state index contributed by atoms with van der Waals surface area (Å²) in [7, 11) is 0. The highest BCUT2D eigenvalue weighted by Gasteiger charge is 2.29. The second kappa shape index (κ2) is 8.63. The quantitative estimate of drug-likeness (QED) is 0.301. The number of esters is 1. The molecule has 0 bridgehead atoms. The first-order chi connectivity index (χ1) is 16.1. The minimum absolute atomic E-state index is 0.207. The molecular formula is C28H20O5. The Balaban J connectivity index is 1.33. The van der Waals surface area contributed by atoms with Crippen LogP contribution in [-0.4, -0.2) is 17.9 Å². The number of Topliss-reactive ketones (excluding diaryl/α,β-unsaturated/α-hetero) is 1. The Morgan fingerprint density at radius 2 is 1.76 bits per heavy atom. The van der Waals surface area contributed by atoms with E-state index in [9.17, 15) is 9.59 Å². The number of rotatable bonds is 4. The second-order valence-electron chi connectivity index (χ2n) is 7.71. The molecule has 5 heteroatoms. The Bertz CT molecular complexity index is 1330. The molecule has 0 saturated carbocycles. The fourth-order valence-corrected chi connectivity index (χ4v) is 3.68. The molecule has 1 atom stereocenters. The monoisotopic (exact) mass is 436 g/mol. The number of benzene rings is 3. The van der Waals surface area contributed by atoms with Crippen LogP contribution in [0.1, 0.15) is 28.4 Å². The van der Waals surface area contributed by atoms with Gasteiger partial charge in [-0.15, -0.1) is 0 Å². The molecule has 0 amide bonds. The minimum atomic E-state index is -0.518. The van der Waals surface area contributed by atoms with Crippen molar-refractivity contribution in [3.05, 3.63) is 113 Å². The van der Waals surface area contributed by atoms with Crippen LogP contribution >= 0.6 is 0 Å². The van der Waals surface area contributed by atoms with Gasteiger partial charge in [-0.1, -0.05) is 48.5 Å². The number of ether oxygens (including phenoxy) is 3. The van der Waals surface area contributed by atoms with Gasteiger partial charge in [0, 0.05) is 17.7 Å². The van der Waals surface area contributed by atoms with E-state index in [1.807, 2.05) is 67.6 Å². The summed E-state index contributed by atoms with van der Waals surface area (Å²) >= 11 is 0. The van der Waals surface area contributed by atoms with Gasteiger partial charge in [0.15, 0.2) is 5.76 Å². The third-order valence-electron chi connectivity index (χ3n) is 5.38. The molecule has 0 radical (unpaired) electrons. The van der Waals surface area contributed by atoms with Gasteiger partial charge < -0.3 is 14.2 Å². The molecule has 162 valence electrons. The van der Waals surface area contributed by atoms with Crippen molar-refractivity contribution in [1.29, 1.82) is 0 Å². The van der Waals surface area contributed by atoms with Gasteiger partial charge in [0.1, 0.15) is 23.4 Å². The van der Waals surface area contributed by atoms with E-state index in [4.69, 9.17) is 14.2 Å². The van der Waals surface area contributed by atoms with E-state index in [1.54, 1.807) is 30.4 Å². The van der Waals surface area contributed by atoms with Gasteiger partial charge in [0.25, 0.3) is 0 Å². The molecule has 3 aromatic carbocycles. The zero-order chi connectivity index (χ0) is 22.8. The van der Waals surface area contributed by atoms with Crippen molar-refractivity contribution >= 4 is 23.9 Å². The Labute approximate surface area is 191 Å². The summed E-state index contributed by atoms with van der Waals surface area (Å²) in [6.45, 7) is 1.92. The number of allylic oxidation sites excluding steroid dienone is 1. The Morgan fingerprint density at radius 1 is 0.970 bits per heavy atom. The lowest BCUT2D eigenvalue weighted by molar-refractivity contribution is -0.128. The molecule has 0 spiro atoms. The van der Waals surface area contributed by atoms with Crippen LogP contribution in [0.4, 0.5) is 0 Å². The summed E-state index contributed by atoms with van der Waals surface area (Å²) in [6.07, 6.45) is 6.50. The summed E-state index contributed by atoms with van der Waals surface area (Å²) in [4.78, 5) is 25.0. The maximum absolute atomic E-state index is 12.8. The fourth-order valence-electron chi connectivity index (χ4n) is 3.68. The van der Waals surface area contributed by atoms with Gasteiger partial charge in [-0.3, -0.25) is 4.79 Å². The molecule has 0 saturated heterocycles. The molecule has 5 nitrogen and oxygen atoms in total. The third-order valence-corrected chi connectivity index (χ3v) is 5.38. The molecule has 0 N–H and O–H groups in total. The average Bonchev–Trinajstić information content (AvgIpc) is 3.13. The number of carbonyl (C=O) groups is 2. The second-order valence-corrected chi connectivity index (χ2v) is 7.71. The normalized spacial score (nSPS) is 17.7. The van der Waals surface area contributed by atoms with E-state index >= 15 is 0 Å². The molecule has 5 rings (SSSR count). The van der Waals surface area contributed by atoms with Gasteiger partial charge in [0.2, 0.25) is 5.78 Å². The molecule has 3 aromatic rings. The highest BCUT2D eigenvalue weighted by Crippen LogP contribution is 2.36. The SMILES string of the molecule is C[C@@H]1Oc2ccccc2C=C1C=C1Oc2cc(OC(=O)C=Cc3ccccc3)ccc2C1=O. The van der Waals surface area contributed by atoms with Crippen LogP contribution in [0.5, 0.6) is 17.2 Å². The zero-order valence-corrected chi connectivity index (χ0v) is 17.9. The van der Waals surface area contributed by atoms with Crippen molar-refractivity contribution in [2.24, 2.45) is 0 Å². The maximum Gasteiger partial charge on any atom is 0.336 e. The fraction of sp³-hybridized carbons (Fsp3) is 0.0714. The first-order valence-corrected chi connectivity index (χ1v) is 10.6. The van der Waals surface area contributed by atoms with Gasteiger partial charge in [0.05, 0.1) is 5.56 Å². The molecule has 0 unspecified atom stereocenters. The molecule has 2 aliphatic rings. The zero-order valence-electron chi connectivity index (χ0n) is 17.9. The lowest BCUT2D eigenvalue weighted by Gasteiger charge is -2.22. The largest absolute Gasteiger partial charge is 0.485 e. The topological polar surface area (TPSA) is 61.8 Å². The van der Waals surface area contributed by atoms with Crippen LogP contribution in [0.25, 0.3) is 12.2 Å². The highest BCUT2D eigenvalue weighted by atomic mass is 16.5. The van der Waals surface area contributed by atoms with Crippen LogP contribution in [-0.2, 0) is 4.79 Å². The van der Waals surface area contributed by atoms with Crippen LogP contribution in [0.2, 0.25) is 0 Å². The first-order valence-electron chi connectivity index (χ1n) is 10.6. The smallest absolute Gasteiger partial charge is 0.336 e. The Hall–Kier alpha value is -4.38. The number of hydrogen-bond donors (Lipinski definition) is 0. The van der Waals surface area contributed by atoms with Gasteiger partial charge in [-0.25, -0.2) is 4.79 Å². The molecule has 33 heavy (non-hydrogen) atoms. The first kappa shape index (κ1) is 20.5. The third kappa shape index (κ3) is 4.34. The van der Waals surface area contributed by atoms with Crippen molar-refractivity contribution in [3.8, 4) is 17.2 Å². The molecule has 0 aliphatic carbocycles. The average molecular weight is 436 g/mol. The lowest BCUT2D eigenvalue weighted by Crippen LogP contribution is -2.18. The molecular weight excluding hydrogens is 416 g/mol. The maximum atomic E-state index is 12.8.